The second-order valence-corrected chi connectivity index (χ2v) is 6.60. The zero-order valence-electron chi connectivity index (χ0n) is 13.5. The maximum absolute atomic E-state index is 12.3. The summed E-state index contributed by atoms with van der Waals surface area (Å²) < 4.78 is 5.44. The Morgan fingerprint density at radius 1 is 1.13 bits per heavy atom. The number of hydrogen-bond donors (Lipinski definition) is 1. The van der Waals surface area contributed by atoms with Gasteiger partial charge in [0.05, 0.1) is 5.56 Å². The third-order valence-corrected chi connectivity index (χ3v) is 4.98. The summed E-state index contributed by atoms with van der Waals surface area (Å²) in [6, 6.07) is 12.0. The van der Waals surface area contributed by atoms with Crippen molar-refractivity contribution in [2.24, 2.45) is 0 Å². The SMILES string of the molecule is Cc1cc(C)c(SCOC(=O)c2c[nH]c3ccccc23)c(C)c1. The van der Waals surface area contributed by atoms with Gasteiger partial charge in [-0.15, -0.1) is 0 Å². The fourth-order valence-electron chi connectivity index (χ4n) is 2.85. The average molecular weight is 325 g/mol. The Bertz CT molecular complexity index is 844. The van der Waals surface area contributed by atoms with E-state index in [1.165, 1.54) is 21.6 Å². The fourth-order valence-corrected chi connectivity index (χ4v) is 3.71. The molecule has 4 heteroatoms. The smallest absolute Gasteiger partial charge is 0.341 e. The predicted molar refractivity (Wildman–Crippen MR) is 95.1 cm³/mol. The van der Waals surface area contributed by atoms with E-state index in [1.807, 2.05) is 24.3 Å². The van der Waals surface area contributed by atoms with Gasteiger partial charge in [-0.25, -0.2) is 4.79 Å². The Labute approximate surface area is 140 Å². The van der Waals surface area contributed by atoms with Crippen LogP contribution in [0.2, 0.25) is 0 Å². The van der Waals surface area contributed by atoms with Gasteiger partial charge in [-0.3, -0.25) is 0 Å². The van der Waals surface area contributed by atoms with E-state index in [0.717, 1.165) is 10.9 Å². The summed E-state index contributed by atoms with van der Waals surface area (Å²) in [6.45, 7) is 6.26. The number of carbonyl (C=O) groups excluding carboxylic acids is 1. The number of fused-ring (bicyclic) bond motifs is 1. The number of benzene rings is 2. The van der Waals surface area contributed by atoms with E-state index in [-0.39, 0.29) is 5.97 Å². The molecule has 3 nitrogen and oxygen atoms in total. The molecule has 1 N–H and O–H groups in total. The molecule has 118 valence electrons. The second kappa shape index (κ2) is 6.50. The molecule has 0 saturated heterocycles. The lowest BCUT2D eigenvalue weighted by Gasteiger charge is -2.11. The van der Waals surface area contributed by atoms with Crippen LogP contribution in [0.25, 0.3) is 10.9 Å². The number of hydrogen-bond acceptors (Lipinski definition) is 3. The second-order valence-electron chi connectivity index (χ2n) is 5.67. The van der Waals surface area contributed by atoms with Crippen LogP contribution in [-0.4, -0.2) is 16.9 Å². The highest BCUT2D eigenvalue weighted by molar-refractivity contribution is 7.99. The van der Waals surface area contributed by atoms with Crippen LogP contribution < -0.4 is 0 Å². The van der Waals surface area contributed by atoms with E-state index < -0.39 is 0 Å². The van der Waals surface area contributed by atoms with Crippen LogP contribution in [0.1, 0.15) is 27.0 Å². The van der Waals surface area contributed by atoms with Gasteiger partial charge in [0, 0.05) is 22.0 Å². The van der Waals surface area contributed by atoms with Crippen molar-refractivity contribution < 1.29 is 9.53 Å². The minimum Gasteiger partial charge on any atom is -0.451 e. The normalized spacial score (nSPS) is 10.9. The van der Waals surface area contributed by atoms with Crippen molar-refractivity contribution in [3.8, 4) is 0 Å². The molecule has 0 aliphatic rings. The van der Waals surface area contributed by atoms with Crippen LogP contribution >= 0.6 is 11.8 Å². The molecule has 0 saturated carbocycles. The van der Waals surface area contributed by atoms with Gasteiger partial charge < -0.3 is 9.72 Å². The van der Waals surface area contributed by atoms with E-state index in [0.29, 0.717) is 11.5 Å². The van der Waals surface area contributed by atoms with Gasteiger partial charge in [0.2, 0.25) is 0 Å². The van der Waals surface area contributed by atoms with Crippen molar-refractivity contribution in [1.29, 1.82) is 0 Å². The van der Waals surface area contributed by atoms with Gasteiger partial charge in [0.1, 0.15) is 5.94 Å². The number of aromatic nitrogens is 1. The molecule has 3 aromatic rings. The highest BCUT2D eigenvalue weighted by atomic mass is 32.2. The van der Waals surface area contributed by atoms with Gasteiger partial charge in [-0.1, -0.05) is 47.7 Å². The van der Waals surface area contributed by atoms with Gasteiger partial charge >= 0.3 is 5.97 Å². The van der Waals surface area contributed by atoms with Gasteiger partial charge in [0.25, 0.3) is 0 Å². The maximum atomic E-state index is 12.3. The highest BCUT2D eigenvalue weighted by Gasteiger charge is 2.13. The first-order valence-electron chi connectivity index (χ1n) is 7.50. The zero-order chi connectivity index (χ0) is 16.4. The molecular formula is C19H19NO2S. The molecule has 3 rings (SSSR count). The molecule has 0 radical (unpaired) electrons. The Hall–Kier alpha value is -2.20. The number of H-pyrrole nitrogens is 1. The standard InChI is InChI=1S/C19H19NO2S/c1-12-8-13(2)18(14(3)9-12)23-11-22-19(21)16-10-20-17-7-5-4-6-15(16)17/h4-10,20H,11H2,1-3H3. The summed E-state index contributed by atoms with van der Waals surface area (Å²) in [4.78, 5) is 16.6. The summed E-state index contributed by atoms with van der Waals surface area (Å²) in [5.74, 6) is 0.0145. The van der Waals surface area contributed by atoms with Crippen LogP contribution in [-0.2, 0) is 4.74 Å². The lowest BCUT2D eigenvalue weighted by atomic mass is 10.1. The fraction of sp³-hybridized carbons (Fsp3) is 0.211. The number of aromatic amines is 1. The van der Waals surface area contributed by atoms with Crippen LogP contribution in [0, 0.1) is 20.8 Å². The Morgan fingerprint density at radius 2 is 1.83 bits per heavy atom. The van der Waals surface area contributed by atoms with Crippen molar-refractivity contribution in [3.05, 3.63) is 64.8 Å². The molecule has 0 spiro atoms. The van der Waals surface area contributed by atoms with E-state index in [2.05, 4.69) is 37.9 Å². The summed E-state index contributed by atoms with van der Waals surface area (Å²) in [5, 5.41) is 0.894. The number of esters is 1. The zero-order valence-corrected chi connectivity index (χ0v) is 14.3. The predicted octanol–water partition coefficient (Wildman–Crippen LogP) is 5.00. The topological polar surface area (TPSA) is 42.1 Å². The largest absolute Gasteiger partial charge is 0.451 e. The lowest BCUT2D eigenvalue weighted by molar-refractivity contribution is 0.0581. The quantitative estimate of drug-likeness (QED) is 0.417. The first kappa shape index (κ1) is 15.7. The van der Waals surface area contributed by atoms with Crippen LogP contribution in [0.15, 0.2) is 47.5 Å². The van der Waals surface area contributed by atoms with E-state index in [9.17, 15) is 4.79 Å². The number of aryl methyl sites for hydroxylation is 3. The molecule has 0 amide bonds. The summed E-state index contributed by atoms with van der Waals surface area (Å²) in [7, 11) is 0. The molecule has 0 aliphatic heterocycles. The maximum Gasteiger partial charge on any atom is 0.341 e. The number of thioether (sulfide) groups is 1. The van der Waals surface area contributed by atoms with Crippen LogP contribution in [0.4, 0.5) is 0 Å². The van der Waals surface area contributed by atoms with Crippen molar-refractivity contribution in [2.45, 2.75) is 25.7 Å². The molecular weight excluding hydrogens is 306 g/mol. The first-order valence-corrected chi connectivity index (χ1v) is 8.48. The van der Waals surface area contributed by atoms with Gasteiger partial charge in [0.15, 0.2) is 0 Å². The van der Waals surface area contributed by atoms with Gasteiger partial charge in [-0.05, 0) is 38.0 Å². The third kappa shape index (κ3) is 3.27. The summed E-state index contributed by atoms with van der Waals surface area (Å²) in [6.07, 6.45) is 1.71. The third-order valence-electron chi connectivity index (χ3n) is 3.81. The molecule has 0 fully saturated rings. The Morgan fingerprint density at radius 3 is 2.57 bits per heavy atom. The molecule has 1 heterocycles. The average Bonchev–Trinajstić information content (AvgIpc) is 2.93. The summed E-state index contributed by atoms with van der Waals surface area (Å²) >= 11 is 1.56. The van der Waals surface area contributed by atoms with Crippen molar-refractivity contribution in [3.63, 3.8) is 0 Å². The van der Waals surface area contributed by atoms with E-state index in [1.54, 1.807) is 18.0 Å². The van der Waals surface area contributed by atoms with Crippen LogP contribution in [0.3, 0.4) is 0 Å². The number of nitrogens with one attached hydrogen (secondary N) is 1. The molecule has 0 atom stereocenters. The lowest BCUT2D eigenvalue weighted by Crippen LogP contribution is -2.04. The number of ether oxygens (including phenoxy) is 1. The van der Waals surface area contributed by atoms with Gasteiger partial charge in [-0.2, -0.15) is 0 Å². The Balaban J connectivity index is 1.68. The van der Waals surface area contributed by atoms with E-state index >= 15 is 0 Å². The monoisotopic (exact) mass is 325 g/mol. The molecule has 23 heavy (non-hydrogen) atoms. The van der Waals surface area contributed by atoms with Crippen molar-refractivity contribution in [2.75, 3.05) is 5.94 Å². The number of carbonyl (C=O) groups is 1. The number of para-hydroxylation sites is 1. The molecule has 1 aromatic heterocycles. The summed E-state index contributed by atoms with van der Waals surface area (Å²) in [5.41, 5.74) is 5.21. The minimum absolute atomic E-state index is 0.294. The minimum atomic E-state index is -0.294. The Kier molecular flexibility index (Phi) is 4.44. The molecule has 0 unspecified atom stereocenters. The van der Waals surface area contributed by atoms with Crippen molar-refractivity contribution >= 4 is 28.6 Å². The van der Waals surface area contributed by atoms with E-state index in [4.69, 9.17) is 4.74 Å². The highest BCUT2D eigenvalue weighted by Crippen LogP contribution is 2.28. The number of rotatable bonds is 4. The first-order chi connectivity index (χ1) is 11.1. The molecule has 0 bridgehead atoms. The van der Waals surface area contributed by atoms with Crippen LogP contribution in [0.5, 0.6) is 0 Å². The molecule has 2 aromatic carbocycles. The van der Waals surface area contributed by atoms with Crippen molar-refractivity contribution in [1.82, 2.24) is 4.98 Å². The molecule has 0 aliphatic carbocycles.